The van der Waals surface area contributed by atoms with E-state index < -0.39 is 0 Å². The number of imidazole rings is 1. The molecule has 2 atom stereocenters. The van der Waals surface area contributed by atoms with Gasteiger partial charge in [0, 0.05) is 25.8 Å². The standard InChI is InChI=1S/C13H24N4/c1-13(2)5-4-10(6-13)16-11(7-14)12-8-15-9-17(12)3/h8-11,16H,4-7,14H2,1-3H3. The molecule has 0 aromatic carbocycles. The third-order valence-corrected chi connectivity index (χ3v) is 3.85. The molecule has 0 saturated heterocycles. The zero-order valence-corrected chi connectivity index (χ0v) is 11.1. The van der Waals surface area contributed by atoms with E-state index >= 15 is 0 Å². The minimum absolute atomic E-state index is 0.224. The van der Waals surface area contributed by atoms with E-state index in [-0.39, 0.29) is 6.04 Å². The van der Waals surface area contributed by atoms with Gasteiger partial charge in [0.05, 0.1) is 18.1 Å². The van der Waals surface area contributed by atoms with Crippen LogP contribution in [0.4, 0.5) is 0 Å². The van der Waals surface area contributed by atoms with Gasteiger partial charge in [-0.05, 0) is 24.7 Å². The van der Waals surface area contributed by atoms with Crippen molar-refractivity contribution >= 4 is 0 Å². The van der Waals surface area contributed by atoms with Crippen molar-refractivity contribution in [3.63, 3.8) is 0 Å². The van der Waals surface area contributed by atoms with E-state index in [2.05, 4.69) is 24.1 Å². The van der Waals surface area contributed by atoms with Crippen LogP contribution in [-0.4, -0.2) is 22.1 Å². The van der Waals surface area contributed by atoms with Gasteiger partial charge in [-0.25, -0.2) is 4.98 Å². The van der Waals surface area contributed by atoms with Crippen LogP contribution in [0.5, 0.6) is 0 Å². The van der Waals surface area contributed by atoms with Gasteiger partial charge in [-0.1, -0.05) is 13.8 Å². The highest BCUT2D eigenvalue weighted by Gasteiger charge is 2.32. The Bertz CT molecular complexity index is 369. The third kappa shape index (κ3) is 2.87. The van der Waals surface area contributed by atoms with E-state index in [1.165, 1.54) is 25.0 Å². The highest BCUT2D eigenvalue weighted by Crippen LogP contribution is 2.37. The molecule has 0 radical (unpaired) electrons. The smallest absolute Gasteiger partial charge is 0.0946 e. The highest BCUT2D eigenvalue weighted by molar-refractivity contribution is 5.06. The average molecular weight is 236 g/mol. The number of nitrogens with zero attached hydrogens (tertiary/aromatic N) is 2. The lowest BCUT2D eigenvalue weighted by Crippen LogP contribution is -2.36. The second-order valence-electron chi connectivity index (χ2n) is 5.99. The van der Waals surface area contributed by atoms with Crippen LogP contribution in [0.25, 0.3) is 0 Å². The fourth-order valence-corrected chi connectivity index (χ4v) is 2.84. The lowest BCUT2D eigenvalue weighted by atomic mass is 9.92. The minimum Gasteiger partial charge on any atom is -0.336 e. The maximum atomic E-state index is 5.87. The summed E-state index contributed by atoms with van der Waals surface area (Å²) in [4.78, 5) is 4.16. The van der Waals surface area contributed by atoms with E-state index in [4.69, 9.17) is 5.73 Å². The summed E-state index contributed by atoms with van der Waals surface area (Å²) in [7, 11) is 2.02. The van der Waals surface area contributed by atoms with Crippen molar-refractivity contribution in [3.05, 3.63) is 18.2 Å². The van der Waals surface area contributed by atoms with E-state index in [0.717, 1.165) is 0 Å². The first-order chi connectivity index (χ1) is 8.02. The summed E-state index contributed by atoms with van der Waals surface area (Å²) in [6, 6.07) is 0.815. The second-order valence-corrected chi connectivity index (χ2v) is 5.99. The largest absolute Gasteiger partial charge is 0.336 e. The molecular formula is C13H24N4. The van der Waals surface area contributed by atoms with Gasteiger partial charge >= 0.3 is 0 Å². The number of hydrogen-bond donors (Lipinski definition) is 2. The Morgan fingerprint density at radius 3 is 2.88 bits per heavy atom. The van der Waals surface area contributed by atoms with Gasteiger partial charge in [-0.15, -0.1) is 0 Å². The predicted molar refractivity (Wildman–Crippen MR) is 69.6 cm³/mol. The molecule has 0 aliphatic heterocycles. The summed E-state index contributed by atoms with van der Waals surface area (Å²) < 4.78 is 2.05. The van der Waals surface area contributed by atoms with Crippen LogP contribution in [0.1, 0.15) is 44.8 Å². The normalized spacial score (nSPS) is 25.1. The van der Waals surface area contributed by atoms with E-state index in [1.54, 1.807) is 0 Å². The molecule has 1 heterocycles. The Hall–Kier alpha value is -0.870. The van der Waals surface area contributed by atoms with Crippen LogP contribution >= 0.6 is 0 Å². The lowest BCUT2D eigenvalue weighted by molar-refractivity contribution is 0.351. The zero-order valence-electron chi connectivity index (χ0n) is 11.1. The molecule has 96 valence electrons. The lowest BCUT2D eigenvalue weighted by Gasteiger charge is -2.23. The van der Waals surface area contributed by atoms with Crippen LogP contribution in [0.2, 0.25) is 0 Å². The van der Waals surface area contributed by atoms with E-state index in [9.17, 15) is 0 Å². The number of rotatable bonds is 4. The Labute approximate surface area is 104 Å². The van der Waals surface area contributed by atoms with Crippen molar-refractivity contribution in [1.82, 2.24) is 14.9 Å². The van der Waals surface area contributed by atoms with Crippen molar-refractivity contribution in [3.8, 4) is 0 Å². The van der Waals surface area contributed by atoms with Crippen molar-refractivity contribution in [2.45, 2.75) is 45.2 Å². The zero-order chi connectivity index (χ0) is 12.5. The fraction of sp³-hybridized carbons (Fsp3) is 0.769. The van der Waals surface area contributed by atoms with Crippen LogP contribution in [-0.2, 0) is 7.05 Å². The Kier molecular flexibility index (Phi) is 3.54. The van der Waals surface area contributed by atoms with Crippen molar-refractivity contribution in [1.29, 1.82) is 0 Å². The molecule has 1 fully saturated rings. The predicted octanol–water partition coefficient (Wildman–Crippen LogP) is 1.59. The van der Waals surface area contributed by atoms with Crippen LogP contribution in [0, 0.1) is 5.41 Å². The molecule has 4 nitrogen and oxygen atoms in total. The molecule has 0 spiro atoms. The summed E-state index contributed by atoms with van der Waals surface area (Å²) in [5.74, 6) is 0. The molecule has 4 heteroatoms. The second kappa shape index (κ2) is 4.78. The molecule has 1 saturated carbocycles. The quantitative estimate of drug-likeness (QED) is 0.834. The Morgan fingerprint density at radius 2 is 2.41 bits per heavy atom. The third-order valence-electron chi connectivity index (χ3n) is 3.85. The number of nitrogens with one attached hydrogen (secondary N) is 1. The SMILES string of the molecule is Cn1cncc1C(CN)NC1CCC(C)(C)C1. The minimum atomic E-state index is 0.224. The van der Waals surface area contributed by atoms with Crippen molar-refractivity contribution in [2.75, 3.05) is 6.54 Å². The fourth-order valence-electron chi connectivity index (χ4n) is 2.84. The van der Waals surface area contributed by atoms with Crippen LogP contribution in [0.3, 0.4) is 0 Å². The number of aromatic nitrogens is 2. The topological polar surface area (TPSA) is 55.9 Å². The maximum absolute atomic E-state index is 5.87. The molecule has 0 amide bonds. The molecule has 1 aromatic rings. The Balaban J connectivity index is 2.00. The summed E-state index contributed by atoms with van der Waals surface area (Å²) in [6.07, 6.45) is 7.53. The van der Waals surface area contributed by atoms with Crippen molar-refractivity contribution < 1.29 is 0 Å². The molecule has 1 aliphatic rings. The summed E-state index contributed by atoms with van der Waals surface area (Å²) in [5.41, 5.74) is 7.53. The number of nitrogens with two attached hydrogens (primary N) is 1. The first kappa shape index (κ1) is 12.6. The summed E-state index contributed by atoms with van der Waals surface area (Å²) in [6.45, 7) is 5.31. The molecule has 2 unspecified atom stereocenters. The van der Waals surface area contributed by atoms with Gasteiger partial charge in [0.1, 0.15) is 0 Å². The number of aryl methyl sites for hydroxylation is 1. The molecule has 2 rings (SSSR count). The Morgan fingerprint density at radius 1 is 1.65 bits per heavy atom. The van der Waals surface area contributed by atoms with Crippen LogP contribution in [0.15, 0.2) is 12.5 Å². The molecule has 17 heavy (non-hydrogen) atoms. The van der Waals surface area contributed by atoms with Crippen molar-refractivity contribution in [2.24, 2.45) is 18.2 Å². The van der Waals surface area contributed by atoms with Gasteiger partial charge < -0.3 is 15.6 Å². The molecule has 0 bridgehead atoms. The monoisotopic (exact) mass is 236 g/mol. The van der Waals surface area contributed by atoms with E-state index in [0.29, 0.717) is 18.0 Å². The number of hydrogen-bond acceptors (Lipinski definition) is 3. The first-order valence-electron chi connectivity index (χ1n) is 6.44. The molecule has 1 aliphatic carbocycles. The van der Waals surface area contributed by atoms with Gasteiger partial charge in [-0.3, -0.25) is 0 Å². The maximum Gasteiger partial charge on any atom is 0.0946 e. The van der Waals surface area contributed by atoms with E-state index in [1.807, 2.05) is 24.1 Å². The molecular weight excluding hydrogens is 212 g/mol. The highest BCUT2D eigenvalue weighted by atomic mass is 15.1. The van der Waals surface area contributed by atoms with Crippen LogP contribution < -0.4 is 11.1 Å². The van der Waals surface area contributed by atoms with Gasteiger partial charge in [0.15, 0.2) is 0 Å². The van der Waals surface area contributed by atoms with Gasteiger partial charge in [0.25, 0.3) is 0 Å². The first-order valence-corrected chi connectivity index (χ1v) is 6.44. The molecule has 1 aromatic heterocycles. The van der Waals surface area contributed by atoms with Gasteiger partial charge in [-0.2, -0.15) is 0 Å². The summed E-state index contributed by atoms with van der Waals surface area (Å²) >= 11 is 0. The van der Waals surface area contributed by atoms with Gasteiger partial charge in [0.2, 0.25) is 0 Å². The average Bonchev–Trinajstić information content (AvgIpc) is 2.81. The summed E-state index contributed by atoms with van der Waals surface area (Å²) in [5, 5.41) is 3.68. The molecule has 3 N–H and O–H groups in total.